The normalized spacial score (nSPS) is 10.6. The molecule has 2 aromatic carbocycles. The molecule has 0 aliphatic carbocycles. The molecule has 4 heteroatoms. The number of nitrogens with zero attached hydrogens (tertiary/aromatic N) is 2. The van der Waals surface area contributed by atoms with E-state index in [-0.39, 0.29) is 0 Å². The van der Waals surface area contributed by atoms with Crippen LogP contribution in [0.25, 0.3) is 5.69 Å². The zero-order valence-corrected chi connectivity index (χ0v) is 12.5. The lowest BCUT2D eigenvalue weighted by atomic mass is 10.1. The molecule has 0 aliphatic rings. The minimum Gasteiger partial charge on any atom is -0.381 e. The molecule has 21 heavy (non-hydrogen) atoms. The average molecular weight is 298 g/mol. The van der Waals surface area contributed by atoms with Crippen molar-refractivity contribution in [2.75, 3.05) is 5.32 Å². The number of halogens is 1. The number of rotatable bonds is 4. The highest BCUT2D eigenvalue weighted by atomic mass is 35.5. The second-order valence-electron chi connectivity index (χ2n) is 4.93. The lowest BCUT2D eigenvalue weighted by Crippen LogP contribution is -2.01. The summed E-state index contributed by atoms with van der Waals surface area (Å²) in [5.41, 5.74) is 4.54. The second-order valence-corrected chi connectivity index (χ2v) is 5.37. The first-order valence-corrected chi connectivity index (χ1v) is 7.19. The number of nitrogens with one attached hydrogen (secondary N) is 1. The average Bonchev–Trinajstić information content (AvgIpc) is 3.01. The third-order valence-electron chi connectivity index (χ3n) is 3.38. The fraction of sp³-hybridized carbons (Fsp3) is 0.118. The summed E-state index contributed by atoms with van der Waals surface area (Å²) >= 11 is 5.96. The van der Waals surface area contributed by atoms with E-state index in [0.717, 1.165) is 28.5 Å². The van der Waals surface area contributed by atoms with Gasteiger partial charge in [0.1, 0.15) is 0 Å². The van der Waals surface area contributed by atoms with Gasteiger partial charge in [0.2, 0.25) is 0 Å². The Bertz CT molecular complexity index is 718. The summed E-state index contributed by atoms with van der Waals surface area (Å²) in [7, 11) is 0. The maximum absolute atomic E-state index is 5.96. The quantitative estimate of drug-likeness (QED) is 0.771. The minimum absolute atomic E-state index is 0.765. The van der Waals surface area contributed by atoms with Crippen LogP contribution in [0.15, 0.2) is 60.9 Å². The monoisotopic (exact) mass is 297 g/mol. The molecule has 0 spiro atoms. The minimum atomic E-state index is 0.765. The van der Waals surface area contributed by atoms with E-state index >= 15 is 0 Å². The van der Waals surface area contributed by atoms with Crippen molar-refractivity contribution in [3.63, 3.8) is 0 Å². The van der Waals surface area contributed by atoms with Crippen LogP contribution in [0, 0.1) is 6.92 Å². The molecule has 3 nitrogen and oxygen atoms in total. The molecule has 1 aromatic heterocycles. The molecule has 0 fully saturated rings. The highest BCUT2D eigenvalue weighted by Gasteiger charge is 2.00. The number of benzene rings is 2. The summed E-state index contributed by atoms with van der Waals surface area (Å²) in [5, 5.41) is 8.41. The van der Waals surface area contributed by atoms with Gasteiger partial charge >= 0.3 is 0 Å². The molecular formula is C17H16ClN3. The number of anilines is 1. The van der Waals surface area contributed by atoms with Gasteiger partial charge in [-0.25, -0.2) is 4.68 Å². The van der Waals surface area contributed by atoms with Crippen LogP contribution in [-0.2, 0) is 6.54 Å². The lowest BCUT2D eigenvalue weighted by molar-refractivity contribution is 0.879. The van der Waals surface area contributed by atoms with Crippen molar-refractivity contribution in [1.82, 2.24) is 9.78 Å². The maximum atomic E-state index is 5.96. The Balaban J connectivity index is 1.68. The van der Waals surface area contributed by atoms with Crippen molar-refractivity contribution in [2.24, 2.45) is 0 Å². The third-order valence-corrected chi connectivity index (χ3v) is 3.61. The molecule has 0 unspecified atom stereocenters. The van der Waals surface area contributed by atoms with Gasteiger partial charge in [-0.2, -0.15) is 5.10 Å². The molecule has 0 atom stereocenters. The SMILES string of the molecule is Cc1cc(Cl)ccc1NCc1ccc(-n2cccn2)cc1. The number of aryl methyl sites for hydroxylation is 1. The van der Waals surface area contributed by atoms with Gasteiger partial charge in [-0.05, 0) is 54.4 Å². The summed E-state index contributed by atoms with van der Waals surface area (Å²) in [4.78, 5) is 0. The van der Waals surface area contributed by atoms with Crippen molar-refractivity contribution < 1.29 is 0 Å². The largest absolute Gasteiger partial charge is 0.381 e. The summed E-state index contributed by atoms with van der Waals surface area (Å²) in [6, 6.07) is 16.1. The Kier molecular flexibility index (Phi) is 3.93. The van der Waals surface area contributed by atoms with Crippen molar-refractivity contribution in [3.05, 3.63) is 77.1 Å². The fourth-order valence-electron chi connectivity index (χ4n) is 2.21. The molecule has 0 aliphatic heterocycles. The molecule has 3 aromatic rings. The van der Waals surface area contributed by atoms with Crippen molar-refractivity contribution >= 4 is 17.3 Å². The zero-order valence-electron chi connectivity index (χ0n) is 11.8. The van der Waals surface area contributed by atoms with E-state index in [2.05, 4.69) is 41.6 Å². The first kappa shape index (κ1) is 13.7. The molecular weight excluding hydrogens is 282 g/mol. The smallest absolute Gasteiger partial charge is 0.0645 e. The highest BCUT2D eigenvalue weighted by Crippen LogP contribution is 2.20. The van der Waals surface area contributed by atoms with E-state index in [1.54, 1.807) is 6.20 Å². The van der Waals surface area contributed by atoms with Gasteiger partial charge in [0.15, 0.2) is 0 Å². The van der Waals surface area contributed by atoms with Gasteiger partial charge < -0.3 is 5.32 Å². The molecule has 1 heterocycles. The summed E-state index contributed by atoms with van der Waals surface area (Å²) in [6.45, 7) is 2.83. The van der Waals surface area contributed by atoms with Gasteiger partial charge in [0.25, 0.3) is 0 Å². The molecule has 0 bridgehead atoms. The Morgan fingerprint density at radius 3 is 2.62 bits per heavy atom. The van der Waals surface area contributed by atoms with Crippen LogP contribution in [0.4, 0.5) is 5.69 Å². The van der Waals surface area contributed by atoms with Gasteiger partial charge in [0.05, 0.1) is 5.69 Å². The van der Waals surface area contributed by atoms with Crippen molar-refractivity contribution in [1.29, 1.82) is 0 Å². The molecule has 0 saturated heterocycles. The Morgan fingerprint density at radius 2 is 1.95 bits per heavy atom. The van der Waals surface area contributed by atoms with Gasteiger partial charge in [-0.15, -0.1) is 0 Å². The first-order valence-electron chi connectivity index (χ1n) is 6.81. The van der Waals surface area contributed by atoms with Crippen LogP contribution in [0.1, 0.15) is 11.1 Å². The first-order chi connectivity index (χ1) is 10.2. The van der Waals surface area contributed by atoms with Crippen LogP contribution >= 0.6 is 11.6 Å². The predicted molar refractivity (Wildman–Crippen MR) is 87.1 cm³/mol. The van der Waals surface area contributed by atoms with E-state index in [9.17, 15) is 0 Å². The van der Waals surface area contributed by atoms with E-state index in [1.165, 1.54) is 5.56 Å². The standard InChI is InChI=1S/C17H16ClN3/c1-13-11-15(18)5-8-17(13)19-12-14-3-6-16(7-4-14)21-10-2-9-20-21/h2-11,19H,12H2,1H3. The summed E-state index contributed by atoms with van der Waals surface area (Å²) < 4.78 is 1.85. The van der Waals surface area contributed by atoms with E-state index in [0.29, 0.717) is 0 Å². The van der Waals surface area contributed by atoms with Crippen LogP contribution in [0.2, 0.25) is 5.02 Å². The maximum Gasteiger partial charge on any atom is 0.0645 e. The summed E-state index contributed by atoms with van der Waals surface area (Å²) in [5.74, 6) is 0. The van der Waals surface area contributed by atoms with Crippen LogP contribution in [0.5, 0.6) is 0 Å². The molecule has 1 N–H and O–H groups in total. The Morgan fingerprint density at radius 1 is 1.14 bits per heavy atom. The topological polar surface area (TPSA) is 29.9 Å². The molecule has 0 radical (unpaired) electrons. The van der Waals surface area contributed by atoms with Gasteiger partial charge in [0, 0.05) is 29.6 Å². The molecule has 0 saturated carbocycles. The molecule has 3 rings (SSSR count). The third kappa shape index (κ3) is 3.26. The van der Waals surface area contributed by atoms with Crippen molar-refractivity contribution in [2.45, 2.75) is 13.5 Å². The fourth-order valence-corrected chi connectivity index (χ4v) is 2.44. The van der Waals surface area contributed by atoms with E-state index in [4.69, 9.17) is 11.6 Å². The Hall–Kier alpha value is -2.26. The second kappa shape index (κ2) is 6.02. The Labute approximate surface area is 129 Å². The number of aromatic nitrogens is 2. The van der Waals surface area contributed by atoms with E-state index in [1.807, 2.05) is 35.1 Å². The van der Waals surface area contributed by atoms with Gasteiger partial charge in [-0.1, -0.05) is 23.7 Å². The predicted octanol–water partition coefficient (Wildman–Crippen LogP) is 4.45. The summed E-state index contributed by atoms with van der Waals surface area (Å²) in [6.07, 6.45) is 3.71. The van der Waals surface area contributed by atoms with Crippen LogP contribution in [0.3, 0.4) is 0 Å². The molecule has 0 amide bonds. The zero-order chi connectivity index (χ0) is 14.7. The van der Waals surface area contributed by atoms with Crippen LogP contribution in [-0.4, -0.2) is 9.78 Å². The number of hydrogen-bond acceptors (Lipinski definition) is 2. The van der Waals surface area contributed by atoms with E-state index < -0.39 is 0 Å². The lowest BCUT2D eigenvalue weighted by Gasteiger charge is -2.10. The van der Waals surface area contributed by atoms with Gasteiger partial charge in [-0.3, -0.25) is 0 Å². The number of hydrogen-bond donors (Lipinski definition) is 1. The van der Waals surface area contributed by atoms with Crippen LogP contribution < -0.4 is 5.32 Å². The highest BCUT2D eigenvalue weighted by molar-refractivity contribution is 6.30. The molecule has 106 valence electrons. The van der Waals surface area contributed by atoms with Crippen molar-refractivity contribution in [3.8, 4) is 5.69 Å².